The molecule has 0 saturated heterocycles. The first-order valence-corrected chi connectivity index (χ1v) is 10.8. The number of guanidine groups is 1. The van der Waals surface area contributed by atoms with Crippen molar-refractivity contribution in [2.24, 2.45) is 4.99 Å². The highest BCUT2D eigenvalue weighted by molar-refractivity contribution is 14.0. The molecule has 0 aliphatic rings. The molecule has 0 atom stereocenters. The molecular formula is C15H24Cl3IN4O3S. The first-order chi connectivity index (χ1) is 12.3. The molecule has 12 heteroatoms. The van der Waals surface area contributed by atoms with Crippen molar-refractivity contribution in [1.29, 1.82) is 0 Å². The van der Waals surface area contributed by atoms with Crippen LogP contribution in [0.3, 0.4) is 0 Å². The zero-order valence-corrected chi connectivity index (χ0v) is 20.4. The van der Waals surface area contributed by atoms with Gasteiger partial charge in [0, 0.05) is 25.2 Å². The van der Waals surface area contributed by atoms with E-state index in [1.54, 1.807) is 26.1 Å². The SMILES string of the molecule is CCS(=O)(=O)NCCCNC(=NC)NCCOc1c(Cl)cc(Cl)cc1Cl.I. The Kier molecular flexibility index (Phi) is 13.8. The Morgan fingerprint density at radius 3 is 2.26 bits per heavy atom. The maximum absolute atomic E-state index is 11.3. The van der Waals surface area contributed by atoms with Crippen LogP contribution in [0.15, 0.2) is 17.1 Å². The Morgan fingerprint density at radius 1 is 1.11 bits per heavy atom. The number of sulfonamides is 1. The van der Waals surface area contributed by atoms with E-state index in [0.717, 1.165) is 0 Å². The summed E-state index contributed by atoms with van der Waals surface area (Å²) in [5.74, 6) is 1.04. The monoisotopic (exact) mass is 572 g/mol. The molecule has 1 rings (SSSR count). The van der Waals surface area contributed by atoms with Gasteiger partial charge < -0.3 is 15.4 Å². The maximum Gasteiger partial charge on any atom is 0.211 e. The fourth-order valence-corrected chi connectivity index (χ4v) is 3.42. The Bertz CT molecular complexity index is 697. The van der Waals surface area contributed by atoms with Crippen LogP contribution in [0.25, 0.3) is 0 Å². The molecular weight excluding hydrogens is 550 g/mol. The highest BCUT2D eigenvalue weighted by Crippen LogP contribution is 2.35. The van der Waals surface area contributed by atoms with Crippen LogP contribution in [0.5, 0.6) is 5.75 Å². The Morgan fingerprint density at radius 2 is 1.70 bits per heavy atom. The van der Waals surface area contributed by atoms with Crippen LogP contribution in [0, 0.1) is 0 Å². The van der Waals surface area contributed by atoms with Crippen molar-refractivity contribution in [3.8, 4) is 5.75 Å². The normalized spacial score (nSPS) is 11.7. The summed E-state index contributed by atoms with van der Waals surface area (Å²) in [6.07, 6.45) is 0.631. The number of benzene rings is 1. The number of hydrogen-bond donors (Lipinski definition) is 3. The Labute approximate surface area is 192 Å². The summed E-state index contributed by atoms with van der Waals surface area (Å²) in [5, 5.41) is 7.29. The first kappa shape index (κ1) is 26.8. The summed E-state index contributed by atoms with van der Waals surface area (Å²) in [6, 6.07) is 3.12. The molecule has 0 amide bonds. The van der Waals surface area contributed by atoms with Gasteiger partial charge in [-0.1, -0.05) is 34.8 Å². The number of nitrogens with one attached hydrogen (secondary N) is 3. The lowest BCUT2D eigenvalue weighted by Gasteiger charge is -2.14. The number of nitrogens with zero attached hydrogens (tertiary/aromatic N) is 1. The molecule has 0 radical (unpaired) electrons. The van der Waals surface area contributed by atoms with Crippen molar-refractivity contribution in [1.82, 2.24) is 15.4 Å². The molecule has 27 heavy (non-hydrogen) atoms. The highest BCUT2D eigenvalue weighted by Gasteiger charge is 2.09. The van der Waals surface area contributed by atoms with E-state index >= 15 is 0 Å². The van der Waals surface area contributed by atoms with Gasteiger partial charge in [-0.25, -0.2) is 13.1 Å². The average molecular weight is 574 g/mol. The van der Waals surface area contributed by atoms with Gasteiger partial charge in [0.15, 0.2) is 11.7 Å². The second-order valence-corrected chi connectivity index (χ2v) is 8.47. The van der Waals surface area contributed by atoms with Gasteiger partial charge in [-0.15, -0.1) is 24.0 Å². The van der Waals surface area contributed by atoms with Crippen molar-refractivity contribution < 1.29 is 13.2 Å². The van der Waals surface area contributed by atoms with Crippen LogP contribution in [0.2, 0.25) is 15.1 Å². The molecule has 0 spiro atoms. The van der Waals surface area contributed by atoms with E-state index in [0.29, 0.717) is 59.4 Å². The van der Waals surface area contributed by atoms with E-state index in [4.69, 9.17) is 39.5 Å². The van der Waals surface area contributed by atoms with Gasteiger partial charge in [0.2, 0.25) is 10.0 Å². The summed E-state index contributed by atoms with van der Waals surface area (Å²) >= 11 is 17.9. The third kappa shape index (κ3) is 10.8. The summed E-state index contributed by atoms with van der Waals surface area (Å²) in [6.45, 7) is 3.33. The Hall–Kier alpha value is -0.200. The zero-order valence-electron chi connectivity index (χ0n) is 15.0. The van der Waals surface area contributed by atoms with E-state index in [1.165, 1.54) is 0 Å². The molecule has 0 aromatic heterocycles. The third-order valence-electron chi connectivity index (χ3n) is 3.18. The fraction of sp³-hybridized carbons (Fsp3) is 0.533. The molecule has 1 aromatic carbocycles. The molecule has 0 bridgehead atoms. The van der Waals surface area contributed by atoms with Crippen LogP contribution in [0.1, 0.15) is 13.3 Å². The summed E-state index contributed by atoms with van der Waals surface area (Å²) in [7, 11) is -1.51. The van der Waals surface area contributed by atoms with Crippen molar-refractivity contribution in [3.63, 3.8) is 0 Å². The number of ether oxygens (including phenoxy) is 1. The lowest BCUT2D eigenvalue weighted by atomic mass is 10.3. The second kappa shape index (κ2) is 13.9. The predicted octanol–water partition coefficient (Wildman–Crippen LogP) is 3.14. The zero-order chi connectivity index (χ0) is 19.6. The van der Waals surface area contributed by atoms with E-state index in [9.17, 15) is 8.42 Å². The van der Waals surface area contributed by atoms with Gasteiger partial charge in [0.25, 0.3) is 0 Å². The van der Waals surface area contributed by atoms with Crippen molar-refractivity contribution in [2.45, 2.75) is 13.3 Å². The fourth-order valence-electron chi connectivity index (χ4n) is 1.83. The van der Waals surface area contributed by atoms with E-state index in [-0.39, 0.29) is 29.7 Å². The van der Waals surface area contributed by atoms with Crippen LogP contribution in [-0.4, -0.2) is 53.4 Å². The summed E-state index contributed by atoms with van der Waals surface area (Å²) < 4.78 is 30.7. The van der Waals surface area contributed by atoms with E-state index in [1.807, 2.05) is 0 Å². The van der Waals surface area contributed by atoms with Crippen molar-refractivity contribution in [2.75, 3.05) is 39.0 Å². The largest absolute Gasteiger partial charge is 0.489 e. The second-order valence-electron chi connectivity index (χ2n) is 5.12. The molecule has 0 unspecified atom stereocenters. The van der Waals surface area contributed by atoms with Gasteiger partial charge in [0.05, 0.1) is 22.3 Å². The Balaban J connectivity index is 0.00000676. The van der Waals surface area contributed by atoms with Crippen LogP contribution in [-0.2, 0) is 10.0 Å². The molecule has 0 aliphatic heterocycles. The minimum Gasteiger partial charge on any atom is -0.489 e. The van der Waals surface area contributed by atoms with Crippen LogP contribution < -0.4 is 20.1 Å². The number of rotatable bonds is 10. The molecule has 3 N–H and O–H groups in total. The van der Waals surface area contributed by atoms with Gasteiger partial charge >= 0.3 is 0 Å². The smallest absolute Gasteiger partial charge is 0.211 e. The van der Waals surface area contributed by atoms with Gasteiger partial charge in [-0.3, -0.25) is 4.99 Å². The predicted molar refractivity (Wildman–Crippen MR) is 124 cm³/mol. The van der Waals surface area contributed by atoms with Crippen molar-refractivity contribution >= 4 is 74.8 Å². The molecule has 1 aromatic rings. The maximum atomic E-state index is 11.3. The van der Waals surface area contributed by atoms with Gasteiger partial charge in [-0.2, -0.15) is 0 Å². The van der Waals surface area contributed by atoms with E-state index in [2.05, 4.69) is 20.3 Å². The minimum atomic E-state index is -3.15. The summed E-state index contributed by atoms with van der Waals surface area (Å²) in [4.78, 5) is 4.07. The van der Waals surface area contributed by atoms with E-state index < -0.39 is 10.0 Å². The highest BCUT2D eigenvalue weighted by atomic mass is 127. The van der Waals surface area contributed by atoms with Gasteiger partial charge in [-0.05, 0) is 25.5 Å². The lowest BCUT2D eigenvalue weighted by molar-refractivity contribution is 0.322. The molecule has 156 valence electrons. The number of halogens is 4. The lowest BCUT2D eigenvalue weighted by Crippen LogP contribution is -2.40. The molecule has 0 saturated carbocycles. The molecule has 7 nitrogen and oxygen atoms in total. The third-order valence-corrected chi connectivity index (χ3v) is 5.36. The first-order valence-electron chi connectivity index (χ1n) is 7.98. The number of hydrogen-bond acceptors (Lipinski definition) is 4. The molecule has 0 heterocycles. The average Bonchev–Trinajstić information content (AvgIpc) is 2.58. The summed E-state index contributed by atoms with van der Waals surface area (Å²) in [5.41, 5.74) is 0. The quantitative estimate of drug-likeness (QED) is 0.173. The number of aliphatic imine (C=N–C) groups is 1. The van der Waals surface area contributed by atoms with Gasteiger partial charge in [0.1, 0.15) is 6.61 Å². The van der Waals surface area contributed by atoms with Crippen molar-refractivity contribution in [3.05, 3.63) is 27.2 Å². The molecule has 0 aliphatic carbocycles. The van der Waals surface area contributed by atoms with Crippen LogP contribution in [0.4, 0.5) is 0 Å². The molecule has 0 fully saturated rings. The van der Waals surface area contributed by atoms with Crippen LogP contribution >= 0.6 is 58.8 Å². The minimum absolute atomic E-state index is 0. The standard InChI is InChI=1S/C15H23Cl3N4O3S.HI/c1-3-26(23,24)22-6-4-5-20-15(19-2)21-7-8-25-14-12(17)9-11(16)10-13(14)18;/h9-10,22H,3-8H2,1-2H3,(H2,19,20,21);1H. The topological polar surface area (TPSA) is 91.8 Å².